The topological polar surface area (TPSA) is 9.72 Å². The summed E-state index contributed by atoms with van der Waals surface area (Å²) in [5.74, 6) is 0. The third-order valence-electron chi connectivity index (χ3n) is 10.6. The lowest BCUT2D eigenvalue weighted by Gasteiger charge is -2.28. The molecule has 0 aliphatic rings. The van der Waals surface area contributed by atoms with Crippen molar-refractivity contribution in [3.05, 3.63) is 222 Å². The minimum Gasteiger partial charge on any atom is -0.311 e. The van der Waals surface area contributed by atoms with Gasteiger partial charge in [0.2, 0.25) is 0 Å². The molecule has 0 aliphatic heterocycles. The Hall–Kier alpha value is -7.05. The molecular formula is C53H44F3N3. The summed E-state index contributed by atoms with van der Waals surface area (Å²) in [5, 5.41) is 0. The van der Waals surface area contributed by atoms with E-state index in [1.807, 2.05) is 48.2 Å². The quantitative estimate of drug-likeness (QED) is 0.137. The number of halogens is 3. The molecule has 0 N–H and O–H groups in total. The van der Waals surface area contributed by atoms with Gasteiger partial charge in [0, 0.05) is 51.2 Å². The van der Waals surface area contributed by atoms with Crippen LogP contribution in [0.5, 0.6) is 0 Å². The molecule has 0 saturated heterocycles. The maximum absolute atomic E-state index is 13.5. The highest BCUT2D eigenvalue weighted by Gasteiger charge is 2.30. The number of benzene rings is 8. The molecule has 59 heavy (non-hydrogen) atoms. The molecule has 8 aromatic rings. The van der Waals surface area contributed by atoms with Crippen molar-refractivity contribution in [3.63, 3.8) is 0 Å². The molecule has 8 rings (SSSR count). The van der Waals surface area contributed by atoms with Gasteiger partial charge in [0.1, 0.15) is 0 Å². The number of nitrogens with zero attached hydrogens (tertiary/aromatic N) is 3. The van der Waals surface area contributed by atoms with Crippen LogP contribution in [0.25, 0.3) is 11.1 Å². The van der Waals surface area contributed by atoms with Gasteiger partial charge in [-0.2, -0.15) is 13.2 Å². The summed E-state index contributed by atoms with van der Waals surface area (Å²) in [7, 11) is 0. The predicted molar refractivity (Wildman–Crippen MR) is 240 cm³/mol. The Bertz CT molecular complexity index is 2570. The fourth-order valence-corrected chi connectivity index (χ4v) is 7.27. The molecule has 6 heteroatoms. The molecule has 0 amide bonds. The van der Waals surface area contributed by atoms with Gasteiger partial charge in [0.25, 0.3) is 0 Å². The Morgan fingerprint density at radius 3 is 0.627 bits per heavy atom. The van der Waals surface area contributed by atoms with Crippen molar-refractivity contribution >= 4 is 51.2 Å². The van der Waals surface area contributed by atoms with Gasteiger partial charge in [-0.25, -0.2) is 0 Å². The van der Waals surface area contributed by atoms with Crippen LogP contribution in [0, 0.1) is 27.7 Å². The first-order chi connectivity index (χ1) is 28.5. The van der Waals surface area contributed by atoms with Crippen LogP contribution in [0.2, 0.25) is 0 Å². The van der Waals surface area contributed by atoms with Gasteiger partial charge in [-0.3, -0.25) is 0 Å². The van der Waals surface area contributed by atoms with Crippen LogP contribution in [0.3, 0.4) is 0 Å². The molecule has 0 aromatic heterocycles. The van der Waals surface area contributed by atoms with E-state index >= 15 is 0 Å². The van der Waals surface area contributed by atoms with E-state index in [-0.39, 0.29) is 0 Å². The summed E-state index contributed by atoms with van der Waals surface area (Å²) < 4.78 is 40.5. The predicted octanol–water partition coefficient (Wildman–Crippen LogP) is 16.0. The van der Waals surface area contributed by atoms with Gasteiger partial charge >= 0.3 is 6.18 Å². The second kappa shape index (κ2) is 16.4. The zero-order valence-electron chi connectivity index (χ0n) is 33.5. The number of aryl methyl sites for hydroxylation is 4. The molecule has 0 radical (unpaired) electrons. The largest absolute Gasteiger partial charge is 0.416 e. The van der Waals surface area contributed by atoms with Crippen LogP contribution < -0.4 is 14.7 Å². The molecule has 0 heterocycles. The fourth-order valence-electron chi connectivity index (χ4n) is 7.27. The molecule has 0 unspecified atom stereocenters. The van der Waals surface area contributed by atoms with Crippen LogP contribution in [-0.4, -0.2) is 0 Å². The lowest BCUT2D eigenvalue weighted by molar-refractivity contribution is -0.137. The highest BCUT2D eigenvalue weighted by molar-refractivity contribution is 5.83. The number of hydrogen-bond donors (Lipinski definition) is 0. The molecule has 0 saturated carbocycles. The number of anilines is 9. The Balaban J connectivity index is 1.11. The monoisotopic (exact) mass is 779 g/mol. The average Bonchev–Trinajstić information content (AvgIpc) is 3.25. The molecular weight excluding hydrogens is 736 g/mol. The van der Waals surface area contributed by atoms with Gasteiger partial charge < -0.3 is 14.7 Å². The van der Waals surface area contributed by atoms with E-state index in [1.54, 1.807) is 0 Å². The van der Waals surface area contributed by atoms with Crippen LogP contribution in [0.4, 0.5) is 64.4 Å². The molecule has 8 aromatic carbocycles. The van der Waals surface area contributed by atoms with Crippen LogP contribution in [-0.2, 0) is 6.18 Å². The Morgan fingerprint density at radius 2 is 0.424 bits per heavy atom. The zero-order valence-corrected chi connectivity index (χ0v) is 33.5. The number of alkyl halides is 3. The van der Waals surface area contributed by atoms with Gasteiger partial charge in [-0.1, -0.05) is 95.1 Å². The number of hydrogen-bond acceptors (Lipinski definition) is 3. The van der Waals surface area contributed by atoms with Gasteiger partial charge in [-0.05, 0) is 160 Å². The summed E-state index contributed by atoms with van der Waals surface area (Å²) in [5.41, 5.74) is 14.7. The van der Waals surface area contributed by atoms with Crippen molar-refractivity contribution < 1.29 is 13.2 Å². The minimum absolute atomic E-state index is 0.631. The maximum atomic E-state index is 13.5. The van der Waals surface area contributed by atoms with Crippen molar-refractivity contribution in [2.45, 2.75) is 33.9 Å². The minimum atomic E-state index is -4.41. The van der Waals surface area contributed by atoms with Crippen molar-refractivity contribution in [2.75, 3.05) is 14.7 Å². The average molecular weight is 780 g/mol. The Labute approximate surface area is 344 Å². The molecule has 0 fully saturated rings. The lowest BCUT2D eigenvalue weighted by atomic mass is 10.0. The van der Waals surface area contributed by atoms with Crippen molar-refractivity contribution in [1.82, 2.24) is 0 Å². The van der Waals surface area contributed by atoms with Gasteiger partial charge in [0.05, 0.1) is 5.56 Å². The first kappa shape index (κ1) is 38.8. The van der Waals surface area contributed by atoms with E-state index in [2.05, 4.69) is 164 Å². The second-order valence-corrected chi connectivity index (χ2v) is 15.0. The van der Waals surface area contributed by atoms with Gasteiger partial charge in [-0.15, -0.1) is 0 Å². The Morgan fingerprint density at radius 1 is 0.254 bits per heavy atom. The van der Waals surface area contributed by atoms with Crippen LogP contribution in [0.1, 0.15) is 27.8 Å². The third-order valence-corrected chi connectivity index (χ3v) is 10.6. The van der Waals surface area contributed by atoms with E-state index in [9.17, 15) is 13.2 Å². The highest BCUT2D eigenvalue weighted by atomic mass is 19.4. The third kappa shape index (κ3) is 8.63. The summed E-state index contributed by atoms with van der Waals surface area (Å²) in [6.07, 6.45) is -4.41. The van der Waals surface area contributed by atoms with E-state index in [1.165, 1.54) is 23.3 Å². The smallest absolute Gasteiger partial charge is 0.311 e. The normalized spacial score (nSPS) is 11.3. The van der Waals surface area contributed by atoms with Crippen LogP contribution >= 0.6 is 0 Å². The molecule has 3 nitrogen and oxygen atoms in total. The van der Waals surface area contributed by atoms with E-state index in [0.29, 0.717) is 5.69 Å². The first-order valence-corrected chi connectivity index (χ1v) is 19.7. The van der Waals surface area contributed by atoms with Crippen LogP contribution in [0.15, 0.2) is 194 Å². The standard InChI is InChI=1S/C53H44F3N3/c1-37-5-19-44(20-6-37)57(45-21-7-38(2)8-22-45)48-27-13-41(14-28-48)42-15-29-49(30-16-42)58(46-23-9-39(3)10-24-46)51-33-35-52(36-34-51)59(47-25-11-40(4)12-26-47)50-31-17-43(18-32-50)53(54,55)56/h5-36H,1-4H3. The van der Waals surface area contributed by atoms with Crippen molar-refractivity contribution in [3.8, 4) is 11.1 Å². The highest BCUT2D eigenvalue weighted by Crippen LogP contribution is 2.41. The van der Waals surface area contributed by atoms with Crippen molar-refractivity contribution in [2.24, 2.45) is 0 Å². The van der Waals surface area contributed by atoms with Crippen molar-refractivity contribution in [1.29, 1.82) is 0 Å². The molecule has 292 valence electrons. The SMILES string of the molecule is Cc1ccc(N(c2ccc(C)cc2)c2ccc(-c3ccc(N(c4ccc(C)cc4)c4ccc(N(c5ccc(C)cc5)c5ccc(C(F)(F)F)cc5)cc4)cc3)cc2)cc1. The summed E-state index contributed by atoms with van der Waals surface area (Å²) in [4.78, 5) is 6.46. The maximum Gasteiger partial charge on any atom is 0.416 e. The molecule has 0 spiro atoms. The Kier molecular flexibility index (Phi) is 10.8. The zero-order chi connectivity index (χ0) is 41.1. The van der Waals surface area contributed by atoms with E-state index in [0.717, 1.165) is 79.9 Å². The summed E-state index contributed by atoms with van der Waals surface area (Å²) in [6.45, 7) is 8.29. The second-order valence-electron chi connectivity index (χ2n) is 15.0. The molecule has 0 atom stereocenters. The fraction of sp³-hybridized carbons (Fsp3) is 0.0943. The first-order valence-electron chi connectivity index (χ1n) is 19.7. The number of rotatable bonds is 10. The summed E-state index contributed by atoms with van der Waals surface area (Å²) in [6, 6.07) is 64.4. The lowest BCUT2D eigenvalue weighted by Crippen LogP contribution is -2.12. The van der Waals surface area contributed by atoms with E-state index < -0.39 is 11.7 Å². The molecule has 0 bridgehead atoms. The van der Waals surface area contributed by atoms with Gasteiger partial charge in [0.15, 0.2) is 0 Å². The summed E-state index contributed by atoms with van der Waals surface area (Å²) >= 11 is 0. The van der Waals surface area contributed by atoms with E-state index in [4.69, 9.17) is 0 Å². The molecule has 0 aliphatic carbocycles.